The number of thioether (sulfide) groups is 1. The maximum Gasteiger partial charge on any atom is 0.222 e. The van der Waals surface area contributed by atoms with Gasteiger partial charge in [-0.2, -0.15) is 0 Å². The van der Waals surface area contributed by atoms with Crippen LogP contribution in [0.15, 0.2) is 35.2 Å². The van der Waals surface area contributed by atoms with Gasteiger partial charge in [-0.05, 0) is 30.7 Å². The smallest absolute Gasteiger partial charge is 0.222 e. The van der Waals surface area contributed by atoms with Crippen LogP contribution in [0.5, 0.6) is 0 Å². The normalized spacial score (nSPS) is 12.1. The molecule has 1 aromatic rings. The molecule has 1 atom stereocenters. The van der Waals surface area contributed by atoms with Crippen molar-refractivity contribution < 1.29 is 4.79 Å². The van der Waals surface area contributed by atoms with Crippen molar-refractivity contribution in [3.05, 3.63) is 30.3 Å². The molecule has 1 unspecified atom stereocenters. The van der Waals surface area contributed by atoms with Crippen LogP contribution in [0.25, 0.3) is 0 Å². The molecule has 0 radical (unpaired) electrons. The highest BCUT2D eigenvalue weighted by molar-refractivity contribution is 7.99. The Bertz CT molecular complexity index is 326. The maximum atomic E-state index is 11.5. The van der Waals surface area contributed by atoms with E-state index in [2.05, 4.69) is 17.4 Å². The van der Waals surface area contributed by atoms with E-state index in [0.29, 0.717) is 0 Å². The van der Waals surface area contributed by atoms with Crippen LogP contribution in [0.2, 0.25) is 0 Å². The van der Waals surface area contributed by atoms with E-state index in [0.717, 1.165) is 25.1 Å². The Hall–Kier alpha value is -0.960. The van der Waals surface area contributed by atoms with Crippen molar-refractivity contribution in [3.8, 4) is 0 Å². The number of amides is 1. The molecule has 0 fully saturated rings. The average Bonchev–Trinajstić information content (AvgIpc) is 2.38. The zero-order chi connectivity index (χ0) is 12.5. The van der Waals surface area contributed by atoms with Crippen molar-refractivity contribution in [1.82, 2.24) is 5.32 Å². The van der Waals surface area contributed by atoms with Gasteiger partial charge >= 0.3 is 0 Å². The van der Waals surface area contributed by atoms with Gasteiger partial charge in [0, 0.05) is 17.4 Å². The monoisotopic (exact) mass is 251 g/mol. The maximum absolute atomic E-state index is 11.5. The van der Waals surface area contributed by atoms with Gasteiger partial charge < -0.3 is 5.32 Å². The Kier molecular flexibility index (Phi) is 6.78. The van der Waals surface area contributed by atoms with E-state index in [1.807, 2.05) is 43.8 Å². The van der Waals surface area contributed by atoms with E-state index < -0.39 is 0 Å². The summed E-state index contributed by atoms with van der Waals surface area (Å²) >= 11 is 1.83. The van der Waals surface area contributed by atoms with Crippen LogP contribution in [-0.4, -0.2) is 18.2 Å². The van der Waals surface area contributed by atoms with Gasteiger partial charge in [0.1, 0.15) is 0 Å². The van der Waals surface area contributed by atoms with Gasteiger partial charge in [0.2, 0.25) is 5.91 Å². The second kappa shape index (κ2) is 8.18. The number of benzene rings is 1. The first-order valence-electron chi connectivity index (χ1n) is 6.19. The number of hydrogen-bond acceptors (Lipinski definition) is 2. The Labute approximate surface area is 108 Å². The third-order valence-electron chi connectivity index (χ3n) is 2.69. The molecule has 0 bridgehead atoms. The van der Waals surface area contributed by atoms with E-state index in [9.17, 15) is 4.79 Å². The van der Waals surface area contributed by atoms with Crippen LogP contribution < -0.4 is 5.32 Å². The number of nitrogens with one attached hydrogen (secondary N) is 1. The lowest BCUT2D eigenvalue weighted by Gasteiger charge is -2.09. The molecule has 0 aliphatic carbocycles. The van der Waals surface area contributed by atoms with Crippen LogP contribution in [0.1, 0.15) is 26.7 Å². The van der Waals surface area contributed by atoms with Crippen LogP contribution in [0.4, 0.5) is 0 Å². The van der Waals surface area contributed by atoms with Gasteiger partial charge in [0.15, 0.2) is 0 Å². The van der Waals surface area contributed by atoms with Crippen molar-refractivity contribution in [3.63, 3.8) is 0 Å². The van der Waals surface area contributed by atoms with Gasteiger partial charge in [-0.25, -0.2) is 0 Å². The molecule has 1 amide bonds. The molecule has 0 heterocycles. The van der Waals surface area contributed by atoms with Gasteiger partial charge in [-0.1, -0.05) is 32.0 Å². The molecule has 0 saturated heterocycles. The summed E-state index contributed by atoms with van der Waals surface area (Å²) in [5.41, 5.74) is 0. The predicted molar refractivity (Wildman–Crippen MR) is 74.2 cm³/mol. The van der Waals surface area contributed by atoms with Crippen LogP contribution in [-0.2, 0) is 4.79 Å². The fourth-order valence-electron chi connectivity index (χ4n) is 1.35. The van der Waals surface area contributed by atoms with Crippen molar-refractivity contribution in [2.24, 2.45) is 5.92 Å². The fraction of sp³-hybridized carbons (Fsp3) is 0.500. The Morgan fingerprint density at radius 1 is 1.35 bits per heavy atom. The first-order chi connectivity index (χ1) is 8.24. The predicted octanol–water partition coefficient (Wildman–Crippen LogP) is 3.33. The summed E-state index contributed by atoms with van der Waals surface area (Å²) in [6.07, 6.45) is 1.92. The van der Waals surface area contributed by atoms with Gasteiger partial charge in [-0.15, -0.1) is 11.8 Å². The van der Waals surface area contributed by atoms with E-state index in [4.69, 9.17) is 0 Å². The molecule has 1 aromatic carbocycles. The summed E-state index contributed by atoms with van der Waals surface area (Å²) in [5, 5.41) is 2.97. The number of hydrogen-bond donors (Lipinski definition) is 1. The van der Waals surface area contributed by atoms with Gasteiger partial charge in [0.05, 0.1) is 0 Å². The molecule has 17 heavy (non-hydrogen) atoms. The second-order valence-electron chi connectivity index (χ2n) is 4.12. The quantitative estimate of drug-likeness (QED) is 0.595. The molecular weight excluding hydrogens is 230 g/mol. The standard InChI is InChI=1S/C14H21NOS/c1-3-12(2)14(16)15-10-7-11-17-13-8-5-4-6-9-13/h4-6,8-9,12H,3,7,10-11H2,1-2H3,(H,15,16). The van der Waals surface area contributed by atoms with Crippen molar-refractivity contribution in [2.75, 3.05) is 12.3 Å². The second-order valence-corrected chi connectivity index (χ2v) is 5.28. The molecule has 0 spiro atoms. The SMILES string of the molecule is CCC(C)C(=O)NCCCSc1ccccc1. The number of carbonyl (C=O) groups is 1. The molecule has 0 saturated carbocycles. The zero-order valence-corrected chi connectivity index (χ0v) is 11.4. The molecule has 1 N–H and O–H groups in total. The largest absolute Gasteiger partial charge is 0.356 e. The molecule has 2 nitrogen and oxygen atoms in total. The molecule has 0 aliphatic rings. The number of rotatable bonds is 7. The number of carbonyl (C=O) groups excluding carboxylic acids is 1. The molecule has 0 aromatic heterocycles. The molecule has 3 heteroatoms. The van der Waals surface area contributed by atoms with Gasteiger partial charge in [-0.3, -0.25) is 4.79 Å². The van der Waals surface area contributed by atoms with E-state index in [-0.39, 0.29) is 11.8 Å². The highest BCUT2D eigenvalue weighted by Crippen LogP contribution is 2.17. The lowest BCUT2D eigenvalue weighted by atomic mass is 10.1. The summed E-state index contributed by atoms with van der Waals surface area (Å²) < 4.78 is 0. The average molecular weight is 251 g/mol. The first kappa shape index (κ1) is 14.1. The Morgan fingerprint density at radius 2 is 2.06 bits per heavy atom. The summed E-state index contributed by atoms with van der Waals surface area (Å²) in [6, 6.07) is 10.3. The minimum atomic E-state index is 0.136. The van der Waals surface area contributed by atoms with E-state index >= 15 is 0 Å². The lowest BCUT2D eigenvalue weighted by molar-refractivity contribution is -0.124. The Morgan fingerprint density at radius 3 is 2.71 bits per heavy atom. The zero-order valence-electron chi connectivity index (χ0n) is 10.6. The summed E-state index contributed by atoms with van der Waals surface area (Å²) in [5.74, 6) is 1.36. The van der Waals surface area contributed by atoms with Crippen LogP contribution >= 0.6 is 11.8 Å². The highest BCUT2D eigenvalue weighted by Gasteiger charge is 2.08. The van der Waals surface area contributed by atoms with Crippen molar-refractivity contribution in [1.29, 1.82) is 0 Å². The summed E-state index contributed by atoms with van der Waals surface area (Å²) in [7, 11) is 0. The molecule has 0 aliphatic heterocycles. The van der Waals surface area contributed by atoms with Crippen molar-refractivity contribution in [2.45, 2.75) is 31.6 Å². The summed E-state index contributed by atoms with van der Waals surface area (Å²) in [4.78, 5) is 12.8. The van der Waals surface area contributed by atoms with Crippen molar-refractivity contribution >= 4 is 17.7 Å². The van der Waals surface area contributed by atoms with Crippen LogP contribution in [0.3, 0.4) is 0 Å². The molecule has 94 valence electrons. The lowest BCUT2D eigenvalue weighted by Crippen LogP contribution is -2.29. The summed E-state index contributed by atoms with van der Waals surface area (Å²) in [6.45, 7) is 4.78. The van der Waals surface area contributed by atoms with Gasteiger partial charge in [0.25, 0.3) is 0 Å². The third-order valence-corrected chi connectivity index (χ3v) is 3.79. The fourth-order valence-corrected chi connectivity index (χ4v) is 2.22. The molecular formula is C14H21NOS. The Balaban J connectivity index is 2.07. The highest BCUT2D eigenvalue weighted by atomic mass is 32.2. The third kappa shape index (κ3) is 5.78. The molecule has 1 rings (SSSR count). The topological polar surface area (TPSA) is 29.1 Å². The van der Waals surface area contributed by atoms with Crippen LogP contribution in [0, 0.1) is 5.92 Å². The minimum absolute atomic E-state index is 0.136. The minimum Gasteiger partial charge on any atom is -0.356 e. The van der Waals surface area contributed by atoms with E-state index in [1.54, 1.807) is 0 Å². The van der Waals surface area contributed by atoms with E-state index in [1.165, 1.54) is 4.90 Å². The first-order valence-corrected chi connectivity index (χ1v) is 7.18.